The fourth-order valence-electron chi connectivity index (χ4n) is 4.28. The van der Waals surface area contributed by atoms with Gasteiger partial charge in [0.2, 0.25) is 0 Å². The molecule has 1 aromatic heterocycles. The van der Waals surface area contributed by atoms with Crippen molar-refractivity contribution in [2.75, 3.05) is 19.6 Å². The number of carbonyl (C=O) groups is 1. The van der Waals surface area contributed by atoms with Gasteiger partial charge >= 0.3 is 6.18 Å². The number of carbonyl (C=O) groups excluding carboxylic acids is 1. The van der Waals surface area contributed by atoms with Crippen molar-refractivity contribution in [1.29, 1.82) is 0 Å². The Hall–Kier alpha value is -2.12. The van der Waals surface area contributed by atoms with Gasteiger partial charge in [-0.15, -0.1) is 0 Å². The zero-order chi connectivity index (χ0) is 22.1. The number of rotatable bonds is 6. The van der Waals surface area contributed by atoms with Gasteiger partial charge in [0, 0.05) is 47.8 Å². The smallest absolute Gasteiger partial charge is 0.318 e. The van der Waals surface area contributed by atoms with E-state index in [-0.39, 0.29) is 5.78 Å². The lowest BCUT2D eigenvalue weighted by atomic mass is 10.0. The molecule has 0 bridgehead atoms. The van der Waals surface area contributed by atoms with Crippen molar-refractivity contribution >= 4 is 5.78 Å². The molecular formula is C23H30F3N3O. The number of Topliss-reactive ketones (excluding diaryl/α,β-unsaturated/α-hetero) is 1. The highest BCUT2D eigenvalue weighted by atomic mass is 19.4. The average molecular weight is 422 g/mol. The summed E-state index contributed by atoms with van der Waals surface area (Å²) in [5.41, 5.74) is 1.72. The van der Waals surface area contributed by atoms with Crippen molar-refractivity contribution in [1.82, 2.24) is 14.8 Å². The fraction of sp³-hybridized carbons (Fsp3) is 0.522. The van der Waals surface area contributed by atoms with Gasteiger partial charge in [0.05, 0.1) is 12.1 Å². The number of halogens is 3. The van der Waals surface area contributed by atoms with E-state index in [0.717, 1.165) is 43.8 Å². The molecule has 0 radical (unpaired) electrons. The SMILES string of the molecule is Cc1cc(C(=O)CN2CCC(NC(C)C)CC2)c(C)n1-c1cccc(C(F)(F)F)c1. The molecule has 1 aliphatic heterocycles. The first-order valence-electron chi connectivity index (χ1n) is 10.4. The van der Waals surface area contributed by atoms with E-state index in [1.54, 1.807) is 23.6 Å². The van der Waals surface area contributed by atoms with Gasteiger partial charge in [-0.3, -0.25) is 9.69 Å². The molecule has 0 saturated carbocycles. The number of hydrogen-bond acceptors (Lipinski definition) is 3. The largest absolute Gasteiger partial charge is 0.416 e. The van der Waals surface area contributed by atoms with Gasteiger partial charge in [0.25, 0.3) is 0 Å². The van der Waals surface area contributed by atoms with Crippen molar-refractivity contribution in [3.05, 3.63) is 52.8 Å². The van der Waals surface area contributed by atoms with Crippen molar-refractivity contribution in [3.8, 4) is 5.69 Å². The summed E-state index contributed by atoms with van der Waals surface area (Å²) in [6, 6.07) is 7.93. The van der Waals surface area contributed by atoms with E-state index in [9.17, 15) is 18.0 Å². The van der Waals surface area contributed by atoms with Crippen LogP contribution in [0.2, 0.25) is 0 Å². The highest BCUT2D eigenvalue weighted by Gasteiger charge is 2.31. The molecule has 1 fully saturated rings. The molecule has 2 heterocycles. The normalized spacial score (nSPS) is 16.4. The topological polar surface area (TPSA) is 37.3 Å². The number of nitrogens with zero attached hydrogens (tertiary/aromatic N) is 2. The monoisotopic (exact) mass is 421 g/mol. The van der Waals surface area contributed by atoms with Crippen LogP contribution in [-0.2, 0) is 6.18 Å². The summed E-state index contributed by atoms with van der Waals surface area (Å²) in [6.45, 7) is 9.94. The second kappa shape index (κ2) is 8.94. The fourth-order valence-corrected chi connectivity index (χ4v) is 4.28. The van der Waals surface area contributed by atoms with E-state index in [1.165, 1.54) is 6.07 Å². The van der Waals surface area contributed by atoms with Crippen LogP contribution in [0, 0.1) is 13.8 Å². The highest BCUT2D eigenvalue weighted by molar-refractivity contribution is 5.99. The van der Waals surface area contributed by atoms with Crippen LogP contribution in [0.4, 0.5) is 13.2 Å². The molecule has 0 aliphatic carbocycles. The van der Waals surface area contributed by atoms with Crippen LogP contribution in [0.25, 0.3) is 5.69 Å². The van der Waals surface area contributed by atoms with Crippen LogP contribution in [-0.4, -0.2) is 47.0 Å². The van der Waals surface area contributed by atoms with Gasteiger partial charge in [0.15, 0.2) is 5.78 Å². The molecule has 0 spiro atoms. The van der Waals surface area contributed by atoms with Crippen LogP contribution in [0.5, 0.6) is 0 Å². The second-order valence-electron chi connectivity index (χ2n) is 8.46. The van der Waals surface area contributed by atoms with Crippen molar-refractivity contribution in [3.63, 3.8) is 0 Å². The third-order valence-electron chi connectivity index (χ3n) is 5.69. The zero-order valence-corrected chi connectivity index (χ0v) is 18.0. The highest BCUT2D eigenvalue weighted by Crippen LogP contribution is 2.31. The van der Waals surface area contributed by atoms with E-state index in [4.69, 9.17) is 0 Å². The molecule has 1 saturated heterocycles. The van der Waals surface area contributed by atoms with E-state index in [0.29, 0.717) is 35.6 Å². The van der Waals surface area contributed by atoms with Crippen molar-refractivity contribution < 1.29 is 18.0 Å². The lowest BCUT2D eigenvalue weighted by molar-refractivity contribution is -0.137. The minimum atomic E-state index is -4.40. The van der Waals surface area contributed by atoms with E-state index < -0.39 is 11.7 Å². The maximum Gasteiger partial charge on any atom is 0.416 e. The molecule has 1 aliphatic rings. The lowest BCUT2D eigenvalue weighted by Crippen LogP contribution is -2.46. The Kier molecular flexibility index (Phi) is 6.72. The molecule has 0 unspecified atom stereocenters. The molecule has 164 valence electrons. The summed E-state index contributed by atoms with van der Waals surface area (Å²) >= 11 is 0. The number of likely N-dealkylation sites (tertiary alicyclic amines) is 1. The van der Waals surface area contributed by atoms with Crippen molar-refractivity contribution in [2.24, 2.45) is 0 Å². The summed E-state index contributed by atoms with van der Waals surface area (Å²) in [6.07, 6.45) is -2.39. The standard InChI is InChI=1S/C23H30F3N3O/c1-15(2)27-19-8-10-28(11-9-19)14-22(30)21-12-16(3)29(17(21)4)20-7-5-6-18(13-20)23(24,25)26/h5-7,12-13,15,19,27H,8-11,14H2,1-4H3. The Bertz CT molecular complexity index is 894. The van der Waals surface area contributed by atoms with Crippen molar-refractivity contribution in [2.45, 2.75) is 58.8 Å². The number of alkyl halides is 3. The Balaban J connectivity index is 1.74. The van der Waals surface area contributed by atoms with Gasteiger partial charge in [-0.05, 0) is 51.0 Å². The predicted octanol–water partition coefficient (Wildman–Crippen LogP) is 4.76. The molecule has 0 atom stereocenters. The van der Waals surface area contributed by atoms with Gasteiger partial charge in [0.1, 0.15) is 0 Å². The predicted molar refractivity (Wildman–Crippen MR) is 112 cm³/mol. The number of aryl methyl sites for hydroxylation is 1. The molecule has 0 amide bonds. The molecular weight excluding hydrogens is 391 g/mol. The van der Waals surface area contributed by atoms with Crippen LogP contribution >= 0.6 is 0 Å². The summed E-state index contributed by atoms with van der Waals surface area (Å²) in [4.78, 5) is 15.1. The Morgan fingerprint density at radius 1 is 1.17 bits per heavy atom. The number of piperidine rings is 1. The molecule has 4 nitrogen and oxygen atoms in total. The molecule has 7 heteroatoms. The van der Waals surface area contributed by atoms with Gasteiger partial charge in [-0.1, -0.05) is 19.9 Å². The second-order valence-corrected chi connectivity index (χ2v) is 8.46. The molecule has 2 aromatic rings. The third kappa shape index (κ3) is 5.13. The van der Waals surface area contributed by atoms with Crippen LogP contribution in [0.3, 0.4) is 0 Å². The molecule has 30 heavy (non-hydrogen) atoms. The zero-order valence-electron chi connectivity index (χ0n) is 18.0. The number of nitrogens with one attached hydrogen (secondary N) is 1. The first-order chi connectivity index (χ1) is 14.1. The number of ketones is 1. The third-order valence-corrected chi connectivity index (χ3v) is 5.69. The van der Waals surface area contributed by atoms with Gasteiger partial charge in [-0.2, -0.15) is 13.2 Å². The van der Waals surface area contributed by atoms with E-state index in [1.807, 2.05) is 6.92 Å². The maximum absolute atomic E-state index is 13.1. The number of hydrogen-bond donors (Lipinski definition) is 1. The minimum absolute atomic E-state index is 0.0107. The Labute approximate surface area is 176 Å². The first-order valence-corrected chi connectivity index (χ1v) is 10.4. The number of benzene rings is 1. The molecule has 1 N–H and O–H groups in total. The summed E-state index contributed by atoms with van der Waals surface area (Å²) in [7, 11) is 0. The van der Waals surface area contributed by atoms with Gasteiger partial charge < -0.3 is 9.88 Å². The van der Waals surface area contributed by atoms with E-state index in [2.05, 4.69) is 24.1 Å². The number of aromatic nitrogens is 1. The summed E-state index contributed by atoms with van der Waals surface area (Å²) < 4.78 is 41.0. The maximum atomic E-state index is 13.1. The quantitative estimate of drug-likeness (QED) is 0.684. The van der Waals surface area contributed by atoms with Crippen LogP contribution < -0.4 is 5.32 Å². The molecule has 1 aromatic carbocycles. The Morgan fingerprint density at radius 2 is 1.83 bits per heavy atom. The average Bonchev–Trinajstić information content (AvgIpc) is 2.96. The minimum Gasteiger partial charge on any atom is -0.318 e. The first kappa shape index (κ1) is 22.6. The van der Waals surface area contributed by atoms with Crippen LogP contribution in [0.1, 0.15) is 54.0 Å². The summed E-state index contributed by atoms with van der Waals surface area (Å²) in [5, 5.41) is 3.55. The Morgan fingerprint density at radius 3 is 2.43 bits per heavy atom. The van der Waals surface area contributed by atoms with Crippen LogP contribution in [0.15, 0.2) is 30.3 Å². The van der Waals surface area contributed by atoms with E-state index >= 15 is 0 Å². The summed E-state index contributed by atoms with van der Waals surface area (Å²) in [5.74, 6) is 0.0107. The van der Waals surface area contributed by atoms with Gasteiger partial charge in [-0.25, -0.2) is 0 Å². The lowest BCUT2D eigenvalue weighted by Gasteiger charge is -2.33. The molecule has 3 rings (SSSR count).